The number of hydrogen-bond donors (Lipinski definition) is 1. The third-order valence-electron chi connectivity index (χ3n) is 2.91. The van der Waals surface area contributed by atoms with Gasteiger partial charge in [-0.2, -0.15) is 18.2 Å². The summed E-state index contributed by atoms with van der Waals surface area (Å²) in [4.78, 5) is 7.66. The molecule has 19 heavy (non-hydrogen) atoms. The molecule has 0 spiro atoms. The summed E-state index contributed by atoms with van der Waals surface area (Å²) >= 11 is 0. The van der Waals surface area contributed by atoms with Crippen molar-refractivity contribution in [2.45, 2.75) is 18.6 Å². The fourth-order valence-corrected chi connectivity index (χ4v) is 2.07. The predicted octanol–water partition coefficient (Wildman–Crippen LogP) is 2.10. The van der Waals surface area contributed by atoms with Crippen LogP contribution in [0.4, 0.5) is 19.1 Å². The van der Waals surface area contributed by atoms with Gasteiger partial charge in [0.05, 0.1) is 11.7 Å². The highest BCUT2D eigenvalue weighted by Gasteiger charge is 2.39. The van der Waals surface area contributed by atoms with Crippen LogP contribution >= 0.6 is 0 Å². The van der Waals surface area contributed by atoms with E-state index in [-0.39, 0.29) is 12.0 Å². The minimum Gasteiger partial charge on any atom is -0.354 e. The van der Waals surface area contributed by atoms with Gasteiger partial charge in [-0.05, 0) is 18.6 Å². The molecule has 0 radical (unpaired) electrons. The molecule has 0 saturated carbocycles. The third kappa shape index (κ3) is 2.13. The van der Waals surface area contributed by atoms with Crippen LogP contribution in [0.25, 0.3) is 0 Å². The predicted molar refractivity (Wildman–Crippen MR) is 60.5 cm³/mol. The van der Waals surface area contributed by atoms with Crippen LogP contribution in [0.5, 0.6) is 0 Å². The maximum absolute atomic E-state index is 12.6. The molecule has 0 amide bonds. The summed E-state index contributed by atoms with van der Waals surface area (Å²) in [5.74, 6) is -0.993. The van der Waals surface area contributed by atoms with Gasteiger partial charge < -0.3 is 5.32 Å². The minimum absolute atomic E-state index is 0.134. The molecule has 2 aromatic heterocycles. The van der Waals surface area contributed by atoms with Crippen molar-refractivity contribution in [1.29, 1.82) is 0 Å². The first kappa shape index (κ1) is 11.9. The quantitative estimate of drug-likeness (QED) is 0.861. The van der Waals surface area contributed by atoms with Crippen molar-refractivity contribution >= 4 is 5.95 Å². The summed E-state index contributed by atoms with van der Waals surface area (Å²) in [6, 6.07) is 5.01. The number of fused-ring (bicyclic) bond motifs is 1. The number of halogens is 3. The van der Waals surface area contributed by atoms with Crippen LogP contribution in [-0.4, -0.2) is 26.3 Å². The van der Waals surface area contributed by atoms with Crippen molar-refractivity contribution < 1.29 is 13.2 Å². The van der Waals surface area contributed by atoms with Crippen LogP contribution in [0.3, 0.4) is 0 Å². The Morgan fingerprint density at radius 2 is 2.16 bits per heavy atom. The van der Waals surface area contributed by atoms with E-state index in [1.165, 1.54) is 4.68 Å². The van der Waals surface area contributed by atoms with E-state index in [0.717, 1.165) is 0 Å². The average Bonchev–Trinajstić information content (AvgIpc) is 2.83. The fourth-order valence-electron chi connectivity index (χ4n) is 2.07. The van der Waals surface area contributed by atoms with Gasteiger partial charge >= 0.3 is 6.18 Å². The second kappa shape index (κ2) is 4.22. The third-order valence-corrected chi connectivity index (χ3v) is 2.91. The molecule has 0 fully saturated rings. The highest BCUT2D eigenvalue weighted by atomic mass is 19.4. The van der Waals surface area contributed by atoms with Gasteiger partial charge in [0.1, 0.15) is 0 Å². The molecule has 0 aromatic carbocycles. The van der Waals surface area contributed by atoms with Gasteiger partial charge in [-0.3, -0.25) is 4.98 Å². The van der Waals surface area contributed by atoms with Crippen molar-refractivity contribution in [1.82, 2.24) is 19.7 Å². The van der Waals surface area contributed by atoms with Crippen LogP contribution in [0.1, 0.15) is 24.0 Å². The molecular weight excluding hydrogens is 259 g/mol. The Balaban J connectivity index is 2.03. The number of hydrogen-bond acceptors (Lipinski definition) is 4. The Morgan fingerprint density at radius 1 is 1.32 bits per heavy atom. The summed E-state index contributed by atoms with van der Waals surface area (Å²) in [7, 11) is 0. The van der Waals surface area contributed by atoms with Crippen LogP contribution in [0.2, 0.25) is 0 Å². The van der Waals surface area contributed by atoms with E-state index in [9.17, 15) is 13.2 Å². The van der Waals surface area contributed by atoms with E-state index in [1.54, 1.807) is 24.4 Å². The molecule has 2 aromatic rings. The maximum atomic E-state index is 12.6. The standard InChI is InChI=1S/C11H10F3N5/c12-11(13,14)9-17-10-16-6-4-8(19(10)18-9)7-3-1-2-5-15-7/h1-3,5,8H,4,6H2,(H,16,17,18). The SMILES string of the molecule is FC(F)(F)c1nc2n(n1)C(c1ccccn1)CCN2. The number of pyridine rings is 1. The first-order valence-corrected chi connectivity index (χ1v) is 5.74. The lowest BCUT2D eigenvalue weighted by Crippen LogP contribution is -2.25. The second-order valence-corrected chi connectivity index (χ2v) is 4.19. The summed E-state index contributed by atoms with van der Waals surface area (Å²) < 4.78 is 39.1. The molecule has 1 aliphatic heterocycles. The fraction of sp³-hybridized carbons (Fsp3) is 0.364. The van der Waals surface area contributed by atoms with Crippen LogP contribution < -0.4 is 5.32 Å². The number of anilines is 1. The Kier molecular flexibility index (Phi) is 2.65. The molecule has 0 saturated heterocycles. The molecule has 100 valence electrons. The smallest absolute Gasteiger partial charge is 0.354 e. The van der Waals surface area contributed by atoms with Gasteiger partial charge in [0.25, 0.3) is 5.82 Å². The summed E-state index contributed by atoms with van der Waals surface area (Å²) in [6.07, 6.45) is -2.32. The van der Waals surface area contributed by atoms with Gasteiger partial charge in [-0.15, -0.1) is 5.10 Å². The summed E-state index contributed by atoms with van der Waals surface area (Å²) in [5.41, 5.74) is 0.684. The van der Waals surface area contributed by atoms with E-state index < -0.39 is 12.0 Å². The van der Waals surface area contributed by atoms with Crippen LogP contribution in [0.15, 0.2) is 24.4 Å². The largest absolute Gasteiger partial charge is 0.453 e. The highest BCUT2D eigenvalue weighted by molar-refractivity contribution is 5.31. The van der Waals surface area contributed by atoms with E-state index in [4.69, 9.17) is 0 Å². The van der Waals surface area contributed by atoms with Gasteiger partial charge in [0, 0.05) is 12.7 Å². The Morgan fingerprint density at radius 3 is 2.84 bits per heavy atom. The summed E-state index contributed by atoms with van der Waals surface area (Å²) in [6.45, 7) is 0.539. The van der Waals surface area contributed by atoms with Crippen LogP contribution in [0, 0.1) is 0 Å². The van der Waals surface area contributed by atoms with Crippen molar-refractivity contribution in [3.8, 4) is 0 Å². The van der Waals surface area contributed by atoms with E-state index in [1.807, 2.05) is 0 Å². The highest BCUT2D eigenvalue weighted by Crippen LogP contribution is 2.32. The van der Waals surface area contributed by atoms with Gasteiger partial charge in [-0.25, -0.2) is 4.68 Å². The molecule has 5 nitrogen and oxygen atoms in total. The molecule has 3 rings (SSSR count). The number of rotatable bonds is 1. The lowest BCUT2D eigenvalue weighted by molar-refractivity contribution is -0.145. The van der Waals surface area contributed by atoms with Gasteiger partial charge in [0.15, 0.2) is 0 Å². The minimum atomic E-state index is -4.54. The zero-order valence-electron chi connectivity index (χ0n) is 9.72. The van der Waals surface area contributed by atoms with Crippen molar-refractivity contribution in [3.63, 3.8) is 0 Å². The number of nitrogens with one attached hydrogen (secondary N) is 1. The lowest BCUT2D eigenvalue weighted by Gasteiger charge is -2.23. The average molecular weight is 269 g/mol. The van der Waals surface area contributed by atoms with Crippen molar-refractivity contribution in [2.75, 3.05) is 11.9 Å². The first-order valence-electron chi connectivity index (χ1n) is 5.74. The Labute approximate surface area is 106 Å². The Bertz CT molecular complexity index is 578. The molecule has 0 bridgehead atoms. The molecule has 0 aliphatic carbocycles. The molecule has 1 unspecified atom stereocenters. The van der Waals surface area contributed by atoms with Crippen molar-refractivity contribution in [3.05, 3.63) is 35.9 Å². The normalized spacial score (nSPS) is 18.8. The Hall–Kier alpha value is -2.12. The molecule has 3 heterocycles. The van der Waals surface area contributed by atoms with Crippen molar-refractivity contribution in [2.24, 2.45) is 0 Å². The monoisotopic (exact) mass is 269 g/mol. The van der Waals surface area contributed by atoms with E-state index in [2.05, 4.69) is 20.4 Å². The first-order chi connectivity index (χ1) is 9.05. The van der Waals surface area contributed by atoms with Crippen LogP contribution in [-0.2, 0) is 6.18 Å². The summed E-state index contributed by atoms with van der Waals surface area (Å²) in [5, 5.41) is 6.37. The zero-order chi connectivity index (χ0) is 13.5. The lowest BCUT2D eigenvalue weighted by atomic mass is 10.1. The molecule has 8 heteroatoms. The van der Waals surface area contributed by atoms with E-state index >= 15 is 0 Å². The van der Waals surface area contributed by atoms with Gasteiger partial charge in [-0.1, -0.05) is 6.07 Å². The maximum Gasteiger partial charge on any atom is 0.453 e. The molecule has 1 aliphatic rings. The number of alkyl halides is 3. The van der Waals surface area contributed by atoms with Gasteiger partial charge in [0.2, 0.25) is 5.95 Å². The topological polar surface area (TPSA) is 55.6 Å². The second-order valence-electron chi connectivity index (χ2n) is 4.19. The molecule has 1 N–H and O–H groups in total. The van der Waals surface area contributed by atoms with E-state index in [0.29, 0.717) is 18.7 Å². The molecular formula is C11H10F3N5. The number of nitrogens with zero attached hydrogens (tertiary/aromatic N) is 4. The zero-order valence-corrected chi connectivity index (χ0v) is 9.72. The number of aromatic nitrogens is 4. The molecule has 1 atom stereocenters.